The molecule has 168 valence electrons. The van der Waals surface area contributed by atoms with Crippen LogP contribution in [-0.4, -0.2) is 46.2 Å². The zero-order valence-corrected chi connectivity index (χ0v) is 18.8. The van der Waals surface area contributed by atoms with Crippen LogP contribution in [0, 0.1) is 25.2 Å². The van der Waals surface area contributed by atoms with Gasteiger partial charge in [-0.25, -0.2) is 4.63 Å². The molecule has 8 nitrogen and oxygen atoms in total. The van der Waals surface area contributed by atoms with Gasteiger partial charge in [-0.05, 0) is 63.7 Å². The number of carbonyl (C=O) groups excluding carboxylic acids is 1. The molecule has 1 aromatic carbocycles. The van der Waals surface area contributed by atoms with E-state index in [1.165, 1.54) is 0 Å². The fourth-order valence-corrected chi connectivity index (χ4v) is 5.00. The Morgan fingerprint density at radius 2 is 2.03 bits per heavy atom. The number of carbonyl (C=O) groups is 1. The second-order valence-electron chi connectivity index (χ2n) is 9.48. The molecule has 1 saturated carbocycles. The molecule has 1 aliphatic carbocycles. The van der Waals surface area contributed by atoms with E-state index in [4.69, 9.17) is 9.05 Å². The van der Waals surface area contributed by atoms with Gasteiger partial charge in [0.25, 0.3) is 0 Å². The highest BCUT2D eigenvalue weighted by Crippen LogP contribution is 2.60. The van der Waals surface area contributed by atoms with E-state index in [-0.39, 0.29) is 22.7 Å². The smallest absolute Gasteiger partial charge is 0.226 e. The van der Waals surface area contributed by atoms with E-state index in [0.29, 0.717) is 35.3 Å². The van der Waals surface area contributed by atoms with Crippen LogP contribution in [0.5, 0.6) is 0 Å². The van der Waals surface area contributed by atoms with Gasteiger partial charge in [-0.3, -0.25) is 14.5 Å². The lowest BCUT2D eigenvalue weighted by Gasteiger charge is -2.33. The molecule has 2 fully saturated rings. The van der Waals surface area contributed by atoms with E-state index < -0.39 is 0 Å². The molecule has 0 N–H and O–H groups in total. The number of hydrogen-bond acceptors (Lipinski definition) is 7. The first-order chi connectivity index (χ1) is 15.4. The topological polar surface area (TPSA) is 92.7 Å². The number of likely N-dealkylation sites (tertiary alicyclic amines) is 1. The first-order valence-electron chi connectivity index (χ1n) is 11.1. The van der Waals surface area contributed by atoms with Crippen molar-refractivity contribution in [2.45, 2.75) is 46.2 Å². The SMILES string of the molecule is Cc1ccc2occ(CN3CCC4(CC3)CC4C(=O)N(C)Cc3nonc3C)c(=O)c2c1. The van der Waals surface area contributed by atoms with Crippen molar-refractivity contribution < 1.29 is 13.8 Å². The average Bonchev–Trinajstić information content (AvgIpc) is 3.34. The van der Waals surface area contributed by atoms with Crippen LogP contribution >= 0.6 is 0 Å². The number of amides is 1. The molecule has 1 saturated heterocycles. The number of rotatable bonds is 5. The molecule has 32 heavy (non-hydrogen) atoms. The fraction of sp³-hybridized carbons (Fsp3) is 0.500. The van der Waals surface area contributed by atoms with E-state index in [1.54, 1.807) is 11.2 Å². The van der Waals surface area contributed by atoms with Gasteiger partial charge in [0.1, 0.15) is 17.0 Å². The van der Waals surface area contributed by atoms with E-state index in [2.05, 4.69) is 15.2 Å². The summed E-state index contributed by atoms with van der Waals surface area (Å²) < 4.78 is 10.4. The maximum absolute atomic E-state index is 13.0. The predicted octanol–water partition coefficient (Wildman–Crippen LogP) is 3.05. The Labute approximate surface area is 186 Å². The lowest BCUT2D eigenvalue weighted by atomic mass is 9.90. The highest BCUT2D eigenvalue weighted by molar-refractivity contribution is 5.82. The van der Waals surface area contributed by atoms with E-state index in [0.717, 1.165) is 43.6 Å². The molecule has 3 heterocycles. The molecule has 3 aromatic rings. The minimum Gasteiger partial charge on any atom is -0.464 e. The van der Waals surface area contributed by atoms with Crippen LogP contribution in [0.3, 0.4) is 0 Å². The largest absolute Gasteiger partial charge is 0.464 e. The number of piperidine rings is 1. The quantitative estimate of drug-likeness (QED) is 0.607. The van der Waals surface area contributed by atoms with Gasteiger partial charge in [-0.15, -0.1) is 0 Å². The molecular weight excluding hydrogens is 408 g/mol. The Kier molecular flexibility index (Phi) is 5.12. The molecule has 1 spiro atoms. The average molecular weight is 437 g/mol. The van der Waals surface area contributed by atoms with Gasteiger partial charge >= 0.3 is 0 Å². The summed E-state index contributed by atoms with van der Waals surface area (Å²) in [4.78, 5) is 29.9. The molecule has 0 bridgehead atoms. The van der Waals surface area contributed by atoms with Gasteiger partial charge in [0, 0.05) is 25.1 Å². The lowest BCUT2D eigenvalue weighted by molar-refractivity contribution is -0.133. The Bertz CT molecular complexity index is 1220. The molecule has 5 rings (SSSR count). The van der Waals surface area contributed by atoms with Gasteiger partial charge in [0.15, 0.2) is 5.43 Å². The second kappa shape index (κ2) is 7.85. The van der Waals surface area contributed by atoms with Crippen molar-refractivity contribution in [2.24, 2.45) is 11.3 Å². The maximum atomic E-state index is 13.0. The van der Waals surface area contributed by atoms with Crippen LogP contribution in [-0.2, 0) is 17.9 Å². The zero-order chi connectivity index (χ0) is 22.5. The minimum absolute atomic E-state index is 0.0500. The van der Waals surface area contributed by atoms with Crippen molar-refractivity contribution in [3.63, 3.8) is 0 Å². The molecule has 8 heteroatoms. The number of benzene rings is 1. The van der Waals surface area contributed by atoms with E-state index >= 15 is 0 Å². The summed E-state index contributed by atoms with van der Waals surface area (Å²) in [6, 6.07) is 5.69. The van der Waals surface area contributed by atoms with Gasteiger partial charge in [0.05, 0.1) is 18.2 Å². The first kappa shape index (κ1) is 20.9. The highest BCUT2D eigenvalue weighted by atomic mass is 16.6. The maximum Gasteiger partial charge on any atom is 0.226 e. The van der Waals surface area contributed by atoms with Gasteiger partial charge in [-0.2, -0.15) is 0 Å². The van der Waals surface area contributed by atoms with Crippen molar-refractivity contribution in [2.75, 3.05) is 20.1 Å². The van der Waals surface area contributed by atoms with Crippen LogP contribution in [0.25, 0.3) is 11.0 Å². The van der Waals surface area contributed by atoms with E-state index in [1.807, 2.05) is 39.1 Å². The summed E-state index contributed by atoms with van der Waals surface area (Å²) in [5.74, 6) is 0.245. The number of aromatic nitrogens is 2. The molecule has 2 aliphatic rings. The summed E-state index contributed by atoms with van der Waals surface area (Å²) in [6.45, 7) is 6.57. The van der Waals surface area contributed by atoms with E-state index in [9.17, 15) is 9.59 Å². The third-order valence-electron chi connectivity index (χ3n) is 7.24. The van der Waals surface area contributed by atoms with Crippen LogP contribution in [0.4, 0.5) is 0 Å². The molecule has 1 unspecified atom stereocenters. The molecule has 1 amide bonds. The van der Waals surface area contributed by atoms with Crippen molar-refractivity contribution in [3.8, 4) is 0 Å². The highest BCUT2D eigenvalue weighted by Gasteiger charge is 2.59. The molecule has 1 aliphatic heterocycles. The van der Waals surface area contributed by atoms with Crippen LogP contribution in [0.15, 0.2) is 38.3 Å². The lowest BCUT2D eigenvalue weighted by Crippen LogP contribution is -2.38. The third-order valence-corrected chi connectivity index (χ3v) is 7.24. The zero-order valence-electron chi connectivity index (χ0n) is 18.8. The number of hydrogen-bond donors (Lipinski definition) is 0. The Hall–Kier alpha value is -3.00. The summed E-state index contributed by atoms with van der Waals surface area (Å²) in [7, 11) is 1.82. The molecule has 1 atom stereocenters. The summed E-state index contributed by atoms with van der Waals surface area (Å²) in [5, 5.41) is 8.31. The molecule has 2 aromatic heterocycles. The van der Waals surface area contributed by atoms with Gasteiger partial charge in [0.2, 0.25) is 5.91 Å². The van der Waals surface area contributed by atoms with Crippen molar-refractivity contribution in [1.82, 2.24) is 20.1 Å². The second-order valence-corrected chi connectivity index (χ2v) is 9.48. The van der Waals surface area contributed by atoms with Crippen LogP contribution in [0.1, 0.15) is 41.8 Å². The minimum atomic E-state index is 0.0500. The predicted molar refractivity (Wildman–Crippen MR) is 118 cm³/mol. The van der Waals surface area contributed by atoms with Crippen molar-refractivity contribution >= 4 is 16.9 Å². The summed E-state index contributed by atoms with van der Waals surface area (Å²) in [6.07, 6.45) is 4.49. The number of aryl methyl sites for hydroxylation is 2. The third kappa shape index (κ3) is 3.72. The van der Waals surface area contributed by atoms with Crippen LogP contribution < -0.4 is 5.43 Å². The summed E-state index contributed by atoms with van der Waals surface area (Å²) in [5.41, 5.74) is 3.94. The number of nitrogens with zero attached hydrogens (tertiary/aromatic N) is 4. The molecule has 0 radical (unpaired) electrons. The number of fused-ring (bicyclic) bond motifs is 1. The monoisotopic (exact) mass is 436 g/mol. The van der Waals surface area contributed by atoms with Crippen LogP contribution in [0.2, 0.25) is 0 Å². The Morgan fingerprint density at radius 1 is 1.25 bits per heavy atom. The standard InChI is InChI=1S/C24H28N4O4/c1-15-4-5-21-18(10-15)22(29)17(14-31-21)12-28-8-6-24(7-9-28)11-19(24)23(30)27(3)13-20-16(2)25-32-26-20/h4-5,10,14,19H,6-9,11-13H2,1-3H3. The fourth-order valence-electron chi connectivity index (χ4n) is 5.00. The Morgan fingerprint density at radius 3 is 2.75 bits per heavy atom. The normalized spacial score (nSPS) is 20.0. The Balaban J connectivity index is 1.19. The van der Waals surface area contributed by atoms with Gasteiger partial charge in [-0.1, -0.05) is 21.9 Å². The van der Waals surface area contributed by atoms with Crippen molar-refractivity contribution in [3.05, 3.63) is 57.2 Å². The summed E-state index contributed by atoms with van der Waals surface area (Å²) >= 11 is 0. The van der Waals surface area contributed by atoms with Crippen molar-refractivity contribution in [1.29, 1.82) is 0 Å². The first-order valence-corrected chi connectivity index (χ1v) is 11.1. The molecular formula is C24H28N4O4. The van der Waals surface area contributed by atoms with Gasteiger partial charge < -0.3 is 9.32 Å².